The normalized spacial score (nSPS) is 24.1. The van der Waals surface area contributed by atoms with Crippen LogP contribution >= 0.6 is 11.8 Å². The predicted molar refractivity (Wildman–Crippen MR) is 64.4 cm³/mol. The number of aliphatic carboxylic acids is 1. The maximum Gasteiger partial charge on any atom is 0.321 e. The van der Waals surface area contributed by atoms with Crippen molar-refractivity contribution in [3.8, 4) is 0 Å². The molecule has 0 amide bonds. The molecular formula is C11H21NO2S. The molecule has 1 unspecified atom stereocenters. The van der Waals surface area contributed by atoms with Gasteiger partial charge in [0.05, 0.1) is 0 Å². The Hall–Kier alpha value is -0.220. The van der Waals surface area contributed by atoms with Gasteiger partial charge in [0.1, 0.15) is 6.04 Å². The first-order valence-electron chi connectivity index (χ1n) is 5.44. The van der Waals surface area contributed by atoms with Crippen molar-refractivity contribution < 1.29 is 9.90 Å². The van der Waals surface area contributed by atoms with Gasteiger partial charge in [-0.25, -0.2) is 0 Å². The molecule has 0 spiro atoms. The van der Waals surface area contributed by atoms with Crippen molar-refractivity contribution in [3.63, 3.8) is 0 Å². The number of carboxylic acid groups (broad SMARTS) is 1. The third kappa shape index (κ3) is 3.38. The molecule has 3 nitrogen and oxygen atoms in total. The van der Waals surface area contributed by atoms with Crippen molar-refractivity contribution in [2.24, 2.45) is 5.92 Å². The van der Waals surface area contributed by atoms with Crippen molar-refractivity contribution in [1.29, 1.82) is 0 Å². The number of hydrogen-bond donors (Lipinski definition) is 1. The second kappa shape index (κ2) is 4.74. The predicted octanol–water partition coefficient (Wildman–Crippen LogP) is 1.92. The molecule has 0 saturated carbocycles. The first kappa shape index (κ1) is 12.8. The van der Waals surface area contributed by atoms with Crippen LogP contribution in [0.1, 0.15) is 27.7 Å². The molecule has 1 N–H and O–H groups in total. The molecule has 1 rings (SSSR count). The molecule has 1 aliphatic heterocycles. The molecule has 1 heterocycles. The van der Waals surface area contributed by atoms with E-state index in [1.807, 2.05) is 25.6 Å². The van der Waals surface area contributed by atoms with E-state index in [1.54, 1.807) is 0 Å². The molecule has 4 heteroatoms. The lowest BCUT2D eigenvalue weighted by Gasteiger charge is -2.41. The van der Waals surface area contributed by atoms with Crippen LogP contribution < -0.4 is 0 Å². The van der Waals surface area contributed by atoms with E-state index in [0.717, 1.165) is 18.8 Å². The molecule has 0 aromatic carbocycles. The van der Waals surface area contributed by atoms with E-state index in [2.05, 4.69) is 18.7 Å². The Morgan fingerprint density at radius 2 is 2.07 bits per heavy atom. The Morgan fingerprint density at radius 1 is 1.47 bits per heavy atom. The van der Waals surface area contributed by atoms with E-state index in [-0.39, 0.29) is 16.7 Å². The fourth-order valence-electron chi connectivity index (χ4n) is 2.15. The fraction of sp³-hybridized carbons (Fsp3) is 0.909. The van der Waals surface area contributed by atoms with Crippen molar-refractivity contribution >= 4 is 17.7 Å². The summed E-state index contributed by atoms with van der Waals surface area (Å²) < 4.78 is 0.181. The standard InChI is InChI=1S/C11H21NO2S/c1-8(2)9(10(13)14)12-5-6-15-11(3,4)7-12/h8-9H,5-7H2,1-4H3,(H,13,14). The van der Waals surface area contributed by atoms with Crippen LogP contribution in [-0.4, -0.2) is 45.6 Å². The van der Waals surface area contributed by atoms with Crippen LogP contribution in [0.5, 0.6) is 0 Å². The van der Waals surface area contributed by atoms with Crippen molar-refractivity contribution in [2.45, 2.75) is 38.5 Å². The smallest absolute Gasteiger partial charge is 0.321 e. The van der Waals surface area contributed by atoms with E-state index in [1.165, 1.54) is 0 Å². The SMILES string of the molecule is CC(C)C(C(=O)O)N1CCSC(C)(C)C1. The van der Waals surface area contributed by atoms with Gasteiger partial charge in [-0.2, -0.15) is 11.8 Å². The van der Waals surface area contributed by atoms with Crippen LogP contribution in [0.3, 0.4) is 0 Å². The zero-order valence-corrected chi connectivity index (χ0v) is 10.8. The number of carboxylic acids is 1. The average molecular weight is 231 g/mol. The third-order valence-electron chi connectivity index (χ3n) is 2.73. The minimum absolute atomic E-state index is 0.168. The second-order valence-electron chi connectivity index (χ2n) is 5.11. The van der Waals surface area contributed by atoms with Gasteiger partial charge in [-0.3, -0.25) is 9.69 Å². The molecule has 1 fully saturated rings. The number of carbonyl (C=O) groups is 1. The summed E-state index contributed by atoms with van der Waals surface area (Å²) in [6, 6.07) is -0.329. The van der Waals surface area contributed by atoms with Gasteiger partial charge in [-0.05, 0) is 19.8 Å². The summed E-state index contributed by atoms with van der Waals surface area (Å²) in [4.78, 5) is 13.3. The van der Waals surface area contributed by atoms with Crippen LogP contribution in [0, 0.1) is 5.92 Å². The lowest BCUT2D eigenvalue weighted by molar-refractivity contribution is -0.145. The number of nitrogens with zero attached hydrogens (tertiary/aromatic N) is 1. The van der Waals surface area contributed by atoms with E-state index >= 15 is 0 Å². The topological polar surface area (TPSA) is 40.5 Å². The summed E-state index contributed by atoms with van der Waals surface area (Å²) in [5.41, 5.74) is 0. The Morgan fingerprint density at radius 3 is 2.47 bits per heavy atom. The van der Waals surface area contributed by atoms with Gasteiger partial charge < -0.3 is 5.11 Å². The highest BCUT2D eigenvalue weighted by atomic mass is 32.2. The molecular weight excluding hydrogens is 210 g/mol. The molecule has 0 aromatic heterocycles. The summed E-state index contributed by atoms with van der Waals surface area (Å²) in [5.74, 6) is 0.512. The van der Waals surface area contributed by atoms with E-state index in [9.17, 15) is 9.90 Å². The number of hydrogen-bond acceptors (Lipinski definition) is 3. The summed E-state index contributed by atoms with van der Waals surface area (Å²) in [6.45, 7) is 10.1. The Bertz CT molecular complexity index is 241. The van der Waals surface area contributed by atoms with Crippen LogP contribution in [0.25, 0.3) is 0 Å². The van der Waals surface area contributed by atoms with Gasteiger partial charge >= 0.3 is 5.97 Å². The monoisotopic (exact) mass is 231 g/mol. The molecule has 0 aromatic rings. The quantitative estimate of drug-likeness (QED) is 0.805. The van der Waals surface area contributed by atoms with Gasteiger partial charge in [-0.1, -0.05) is 13.8 Å². The molecule has 15 heavy (non-hydrogen) atoms. The number of thioether (sulfide) groups is 1. The fourth-order valence-corrected chi connectivity index (χ4v) is 3.29. The maximum absolute atomic E-state index is 11.2. The minimum Gasteiger partial charge on any atom is -0.480 e. The molecule has 88 valence electrons. The molecule has 1 aliphatic rings. The Labute approximate surface area is 96.2 Å². The summed E-state index contributed by atoms with van der Waals surface area (Å²) in [5, 5.41) is 9.22. The van der Waals surface area contributed by atoms with Gasteiger partial charge in [0, 0.05) is 23.6 Å². The Balaban J connectivity index is 2.72. The summed E-state index contributed by atoms with van der Waals surface area (Å²) in [6.07, 6.45) is 0. The van der Waals surface area contributed by atoms with E-state index < -0.39 is 5.97 Å². The van der Waals surface area contributed by atoms with Crippen molar-refractivity contribution in [1.82, 2.24) is 4.90 Å². The largest absolute Gasteiger partial charge is 0.480 e. The highest BCUT2D eigenvalue weighted by molar-refractivity contribution is 8.00. The lowest BCUT2D eigenvalue weighted by atomic mass is 10.0. The van der Waals surface area contributed by atoms with E-state index in [4.69, 9.17) is 0 Å². The highest BCUT2D eigenvalue weighted by Crippen LogP contribution is 2.31. The zero-order chi connectivity index (χ0) is 11.6. The number of rotatable bonds is 3. The molecule has 1 atom stereocenters. The lowest BCUT2D eigenvalue weighted by Crippen LogP contribution is -2.53. The maximum atomic E-state index is 11.2. The van der Waals surface area contributed by atoms with Gasteiger partial charge in [0.15, 0.2) is 0 Å². The van der Waals surface area contributed by atoms with Crippen LogP contribution in [-0.2, 0) is 4.79 Å². The van der Waals surface area contributed by atoms with Crippen LogP contribution in [0.15, 0.2) is 0 Å². The molecule has 0 bridgehead atoms. The first-order chi connectivity index (χ1) is 6.83. The molecule has 0 radical (unpaired) electrons. The summed E-state index contributed by atoms with van der Waals surface area (Å²) >= 11 is 1.93. The average Bonchev–Trinajstić information content (AvgIpc) is 1.99. The third-order valence-corrected chi connectivity index (χ3v) is 4.03. The minimum atomic E-state index is -0.687. The van der Waals surface area contributed by atoms with Crippen LogP contribution in [0.4, 0.5) is 0 Å². The van der Waals surface area contributed by atoms with Crippen molar-refractivity contribution in [2.75, 3.05) is 18.8 Å². The first-order valence-corrected chi connectivity index (χ1v) is 6.43. The molecule has 0 aliphatic carbocycles. The summed E-state index contributed by atoms with van der Waals surface area (Å²) in [7, 11) is 0. The van der Waals surface area contributed by atoms with Crippen LogP contribution in [0.2, 0.25) is 0 Å². The van der Waals surface area contributed by atoms with Gasteiger partial charge in [-0.15, -0.1) is 0 Å². The van der Waals surface area contributed by atoms with Gasteiger partial charge in [0.25, 0.3) is 0 Å². The second-order valence-corrected chi connectivity index (χ2v) is 6.91. The molecule has 1 saturated heterocycles. The van der Waals surface area contributed by atoms with Crippen molar-refractivity contribution in [3.05, 3.63) is 0 Å². The zero-order valence-electron chi connectivity index (χ0n) is 9.99. The van der Waals surface area contributed by atoms with E-state index in [0.29, 0.717) is 0 Å². The highest BCUT2D eigenvalue weighted by Gasteiger charge is 2.35. The Kier molecular flexibility index (Phi) is 4.06. The van der Waals surface area contributed by atoms with Gasteiger partial charge in [0.2, 0.25) is 0 Å².